The number of benzene rings is 1. The molecule has 2 N–H and O–H groups in total. The summed E-state index contributed by atoms with van der Waals surface area (Å²) in [7, 11) is 0. The first-order valence-electron chi connectivity index (χ1n) is 4.01. The maximum absolute atomic E-state index is 5.50. The molecule has 1 aromatic carbocycles. The highest BCUT2D eigenvalue weighted by molar-refractivity contribution is 7.12. The van der Waals surface area contributed by atoms with Crippen molar-refractivity contribution in [3.63, 3.8) is 0 Å². The Morgan fingerprint density at radius 1 is 1.31 bits per heavy atom. The fraction of sp³-hybridized carbons (Fsp3) is 0.100. The molecule has 1 radical (unpaired) electrons. The van der Waals surface area contributed by atoms with Crippen LogP contribution in [-0.2, 0) is 6.54 Å². The molecule has 1 heterocycles. The third-order valence-electron chi connectivity index (χ3n) is 1.86. The molecule has 0 amide bonds. The summed E-state index contributed by atoms with van der Waals surface area (Å²) in [6.07, 6.45) is 1.82. The van der Waals surface area contributed by atoms with E-state index >= 15 is 0 Å². The van der Waals surface area contributed by atoms with Gasteiger partial charge in [0.1, 0.15) is 0 Å². The normalized spacial score (nSPS) is 10.2. The van der Waals surface area contributed by atoms with Crippen LogP contribution in [0.1, 0.15) is 5.56 Å². The molecule has 3 heteroatoms. The second-order valence-electron chi connectivity index (χ2n) is 2.72. The summed E-state index contributed by atoms with van der Waals surface area (Å²) in [6.45, 7) is 0.592. The lowest BCUT2D eigenvalue weighted by Crippen LogP contribution is -1.94. The summed E-state index contributed by atoms with van der Waals surface area (Å²) in [5.41, 5.74) is 10.7. The largest absolute Gasteiger partial charge is 0.326 e. The Bertz CT molecular complexity index is 364. The maximum Gasteiger partial charge on any atom is 0.152 e. The molecule has 13 heavy (non-hydrogen) atoms. The molecule has 0 aliphatic rings. The predicted molar refractivity (Wildman–Crippen MR) is 54.3 cm³/mol. The van der Waals surface area contributed by atoms with Crippen LogP contribution in [-0.4, -0.2) is 4.98 Å². The molecule has 0 saturated heterocycles. The van der Waals surface area contributed by atoms with E-state index in [0.29, 0.717) is 6.54 Å². The molecular formula is C10H9N2S. The lowest BCUT2D eigenvalue weighted by molar-refractivity contribution is 1.07. The van der Waals surface area contributed by atoms with Crippen molar-refractivity contribution in [2.45, 2.75) is 6.54 Å². The minimum Gasteiger partial charge on any atom is -0.326 e. The van der Waals surface area contributed by atoms with Gasteiger partial charge in [0.05, 0.1) is 4.88 Å². The quantitative estimate of drug-likeness (QED) is 0.785. The van der Waals surface area contributed by atoms with E-state index in [0.717, 1.165) is 10.4 Å². The molecule has 1 aromatic heterocycles. The summed E-state index contributed by atoms with van der Waals surface area (Å²) < 4.78 is 0. The summed E-state index contributed by atoms with van der Waals surface area (Å²) in [5.74, 6) is 0. The Hall–Kier alpha value is -1.19. The number of nitrogens with two attached hydrogens (primary N) is 1. The predicted octanol–water partition coefficient (Wildman–Crippen LogP) is 2.07. The summed E-state index contributed by atoms with van der Waals surface area (Å²) >= 11 is 1.52. The highest BCUT2D eigenvalue weighted by Crippen LogP contribution is 2.22. The summed E-state index contributed by atoms with van der Waals surface area (Å²) in [6, 6.07) is 8.19. The lowest BCUT2D eigenvalue weighted by atomic mass is 10.1. The van der Waals surface area contributed by atoms with Gasteiger partial charge in [-0.05, 0) is 11.1 Å². The Morgan fingerprint density at radius 2 is 2.08 bits per heavy atom. The SMILES string of the molecule is NCc1ccc(-c2cn[c]s2)cc1. The molecule has 0 atom stereocenters. The molecular weight excluding hydrogens is 180 g/mol. The second-order valence-corrected chi connectivity index (χ2v) is 3.54. The van der Waals surface area contributed by atoms with Crippen LogP contribution in [0.3, 0.4) is 0 Å². The van der Waals surface area contributed by atoms with Crippen molar-refractivity contribution in [2.75, 3.05) is 0 Å². The first-order valence-corrected chi connectivity index (χ1v) is 4.83. The smallest absolute Gasteiger partial charge is 0.152 e. The summed E-state index contributed by atoms with van der Waals surface area (Å²) in [4.78, 5) is 5.05. The average molecular weight is 189 g/mol. The van der Waals surface area contributed by atoms with E-state index in [1.165, 1.54) is 16.9 Å². The second kappa shape index (κ2) is 3.68. The lowest BCUT2D eigenvalue weighted by Gasteiger charge is -1.98. The number of aromatic nitrogens is 1. The Balaban J connectivity index is 2.33. The van der Waals surface area contributed by atoms with Crippen LogP contribution in [0.25, 0.3) is 10.4 Å². The van der Waals surface area contributed by atoms with E-state index in [-0.39, 0.29) is 0 Å². The van der Waals surface area contributed by atoms with Crippen molar-refractivity contribution < 1.29 is 0 Å². The van der Waals surface area contributed by atoms with Gasteiger partial charge in [0.15, 0.2) is 5.51 Å². The van der Waals surface area contributed by atoms with Crippen LogP contribution in [0.5, 0.6) is 0 Å². The van der Waals surface area contributed by atoms with Gasteiger partial charge in [-0.25, -0.2) is 4.98 Å². The van der Waals surface area contributed by atoms with Crippen LogP contribution in [0.4, 0.5) is 0 Å². The molecule has 0 unspecified atom stereocenters. The minimum absolute atomic E-state index is 0.592. The van der Waals surface area contributed by atoms with Crippen LogP contribution in [0, 0.1) is 5.51 Å². The van der Waals surface area contributed by atoms with E-state index in [4.69, 9.17) is 5.73 Å². The van der Waals surface area contributed by atoms with Gasteiger partial charge in [-0.15, -0.1) is 11.3 Å². The number of hydrogen-bond acceptors (Lipinski definition) is 3. The van der Waals surface area contributed by atoms with E-state index < -0.39 is 0 Å². The van der Waals surface area contributed by atoms with E-state index in [1.54, 1.807) is 0 Å². The van der Waals surface area contributed by atoms with Crippen LogP contribution < -0.4 is 5.73 Å². The molecule has 2 aromatic rings. The molecule has 2 rings (SSSR count). The Labute approximate surface area is 81.1 Å². The zero-order valence-electron chi connectivity index (χ0n) is 7.03. The number of hydrogen-bond donors (Lipinski definition) is 1. The molecule has 2 nitrogen and oxygen atoms in total. The maximum atomic E-state index is 5.50. The monoisotopic (exact) mass is 189 g/mol. The van der Waals surface area contributed by atoms with Crippen molar-refractivity contribution in [1.82, 2.24) is 4.98 Å². The standard InChI is InChI=1S/C10H9N2S/c11-5-8-1-3-9(4-2-8)10-6-12-7-13-10/h1-4,6H,5,11H2. The zero-order chi connectivity index (χ0) is 9.10. The zero-order valence-corrected chi connectivity index (χ0v) is 7.84. The molecule has 0 spiro atoms. The molecule has 0 saturated carbocycles. The molecule has 0 bridgehead atoms. The van der Waals surface area contributed by atoms with E-state index in [9.17, 15) is 0 Å². The van der Waals surface area contributed by atoms with Gasteiger partial charge in [-0.2, -0.15) is 0 Å². The highest BCUT2D eigenvalue weighted by Gasteiger charge is 1.98. The van der Waals surface area contributed by atoms with Gasteiger partial charge >= 0.3 is 0 Å². The Kier molecular flexibility index (Phi) is 2.38. The molecule has 0 aliphatic heterocycles. The number of thiazole rings is 1. The average Bonchev–Trinajstić information content (AvgIpc) is 2.71. The molecule has 0 aliphatic carbocycles. The molecule has 65 valence electrons. The van der Waals surface area contributed by atoms with Crippen LogP contribution in [0.15, 0.2) is 30.5 Å². The minimum atomic E-state index is 0.592. The van der Waals surface area contributed by atoms with Crippen LogP contribution >= 0.6 is 11.3 Å². The first kappa shape index (κ1) is 8.41. The van der Waals surface area contributed by atoms with Gasteiger partial charge in [0, 0.05) is 12.7 Å². The van der Waals surface area contributed by atoms with Gasteiger partial charge in [0.2, 0.25) is 0 Å². The van der Waals surface area contributed by atoms with Gasteiger partial charge in [-0.1, -0.05) is 24.3 Å². The highest BCUT2D eigenvalue weighted by atomic mass is 32.1. The van der Waals surface area contributed by atoms with Gasteiger partial charge < -0.3 is 5.73 Å². The third kappa shape index (κ3) is 1.76. The summed E-state index contributed by atoms with van der Waals surface area (Å²) in [5, 5.41) is 0. The van der Waals surface area contributed by atoms with Gasteiger partial charge in [-0.3, -0.25) is 0 Å². The Morgan fingerprint density at radius 3 is 2.62 bits per heavy atom. The van der Waals surface area contributed by atoms with E-state index in [2.05, 4.69) is 22.6 Å². The van der Waals surface area contributed by atoms with Crippen LogP contribution in [0.2, 0.25) is 0 Å². The van der Waals surface area contributed by atoms with Crippen molar-refractivity contribution in [3.8, 4) is 10.4 Å². The van der Waals surface area contributed by atoms with Crippen molar-refractivity contribution in [3.05, 3.63) is 41.5 Å². The molecule has 0 fully saturated rings. The van der Waals surface area contributed by atoms with Gasteiger partial charge in [0.25, 0.3) is 0 Å². The topological polar surface area (TPSA) is 38.9 Å². The fourth-order valence-corrected chi connectivity index (χ4v) is 1.69. The third-order valence-corrected chi connectivity index (χ3v) is 2.62. The van der Waals surface area contributed by atoms with Crippen molar-refractivity contribution in [1.29, 1.82) is 0 Å². The van der Waals surface area contributed by atoms with E-state index in [1.807, 2.05) is 18.3 Å². The number of rotatable bonds is 2. The van der Waals surface area contributed by atoms with Crippen molar-refractivity contribution in [2.24, 2.45) is 5.73 Å². The number of nitrogens with zero attached hydrogens (tertiary/aromatic N) is 1. The fourth-order valence-electron chi connectivity index (χ4n) is 1.13. The van der Waals surface area contributed by atoms with Crippen molar-refractivity contribution >= 4 is 11.3 Å². The first-order chi connectivity index (χ1) is 6.40.